The first-order chi connectivity index (χ1) is 7.52. The van der Waals surface area contributed by atoms with E-state index >= 15 is 0 Å². The molecule has 0 aromatic rings. The van der Waals surface area contributed by atoms with Crippen LogP contribution >= 0.6 is 7.60 Å². The van der Waals surface area contributed by atoms with E-state index < -0.39 is 7.60 Å². The summed E-state index contributed by atoms with van der Waals surface area (Å²) in [5.74, 6) is 0. The number of hydrogen-bond acceptors (Lipinski definition) is 4. The molecule has 0 aliphatic heterocycles. The van der Waals surface area contributed by atoms with Crippen molar-refractivity contribution in [3.63, 3.8) is 0 Å². The van der Waals surface area contributed by atoms with Crippen molar-refractivity contribution in [1.29, 1.82) is 0 Å². The van der Waals surface area contributed by atoms with Crippen LogP contribution in [0.2, 0.25) is 0 Å². The summed E-state index contributed by atoms with van der Waals surface area (Å²) in [5, 5.41) is 10.8. The summed E-state index contributed by atoms with van der Waals surface area (Å²) in [4.78, 5) is 9.35. The summed E-state index contributed by atoms with van der Waals surface area (Å²) in [6, 6.07) is 0. The van der Waals surface area contributed by atoms with Crippen LogP contribution in [0.5, 0.6) is 0 Å². The monoisotopic (exact) mass is 251 g/mol. The summed E-state index contributed by atoms with van der Waals surface area (Å²) in [6.45, 7) is 3.92. The number of hydrogen-bond donors (Lipinski definition) is 2. The molecule has 2 atom stereocenters. The minimum Gasteiger partial charge on any atom is -0.411 e. The van der Waals surface area contributed by atoms with Crippen LogP contribution in [0, 0.1) is 0 Å². The first kappa shape index (κ1) is 15.6. The van der Waals surface area contributed by atoms with Crippen molar-refractivity contribution in [3.05, 3.63) is 0 Å². The number of unbranched alkanes of at least 4 members (excludes halogenated alkanes) is 3. The number of rotatable bonds is 9. The third-order valence-electron chi connectivity index (χ3n) is 2.20. The summed E-state index contributed by atoms with van der Waals surface area (Å²) in [6.07, 6.45) is 5.75. The predicted octanol–water partition coefficient (Wildman–Crippen LogP) is 3.01. The second-order valence-electron chi connectivity index (χ2n) is 3.88. The quantitative estimate of drug-likeness (QED) is 0.217. The summed E-state index contributed by atoms with van der Waals surface area (Å²) in [7, 11) is -3.63. The van der Waals surface area contributed by atoms with Gasteiger partial charge in [-0.05, 0) is 13.3 Å². The zero-order valence-electron chi connectivity index (χ0n) is 10.0. The fourth-order valence-corrected chi connectivity index (χ4v) is 2.41. The van der Waals surface area contributed by atoms with Crippen LogP contribution in [0.4, 0.5) is 0 Å². The maximum atomic E-state index is 11.4. The smallest absolute Gasteiger partial charge is 0.333 e. The van der Waals surface area contributed by atoms with E-state index in [0.717, 1.165) is 25.5 Å². The maximum absolute atomic E-state index is 11.4. The van der Waals surface area contributed by atoms with Gasteiger partial charge in [0.2, 0.25) is 0 Å². The second kappa shape index (κ2) is 8.74. The molecule has 0 amide bonds. The molecule has 2 N–H and O–H groups in total. The Balaban J connectivity index is 3.76. The van der Waals surface area contributed by atoms with E-state index in [0.29, 0.717) is 0 Å². The summed E-state index contributed by atoms with van der Waals surface area (Å²) in [5.41, 5.74) is 0. The van der Waals surface area contributed by atoms with E-state index in [-0.39, 0.29) is 12.3 Å². The lowest BCUT2D eigenvalue weighted by atomic mass is 10.1. The van der Waals surface area contributed by atoms with Gasteiger partial charge in [0.05, 0.1) is 18.5 Å². The van der Waals surface area contributed by atoms with Crippen LogP contribution < -0.4 is 0 Å². The molecule has 0 aliphatic carbocycles. The van der Waals surface area contributed by atoms with Gasteiger partial charge in [-0.25, -0.2) is 0 Å². The highest BCUT2D eigenvalue weighted by Gasteiger charge is 2.21. The van der Waals surface area contributed by atoms with Crippen molar-refractivity contribution in [3.8, 4) is 0 Å². The molecule has 0 bridgehead atoms. The van der Waals surface area contributed by atoms with Gasteiger partial charge in [-0.2, -0.15) is 0 Å². The van der Waals surface area contributed by atoms with E-state index in [1.165, 1.54) is 12.8 Å². The standard InChI is InChI=1S/C10H22NO4P/c1-3-4-5-6-7-10(2)15-16(13,14)9-8-11-12/h8,10,12H,3-7,9H2,1-2H3,(H,13,14). The highest BCUT2D eigenvalue weighted by molar-refractivity contribution is 7.53. The molecule has 0 aromatic heterocycles. The van der Waals surface area contributed by atoms with Gasteiger partial charge in [-0.3, -0.25) is 4.57 Å². The molecule has 0 heterocycles. The predicted molar refractivity (Wildman–Crippen MR) is 64.3 cm³/mol. The molecule has 0 radical (unpaired) electrons. The zero-order chi connectivity index (χ0) is 12.4. The Morgan fingerprint density at radius 2 is 2.12 bits per heavy atom. The third-order valence-corrected chi connectivity index (χ3v) is 3.52. The topological polar surface area (TPSA) is 79.1 Å². The van der Waals surface area contributed by atoms with Gasteiger partial charge in [0.25, 0.3) is 0 Å². The van der Waals surface area contributed by atoms with Crippen molar-refractivity contribution in [2.75, 3.05) is 6.16 Å². The third kappa shape index (κ3) is 8.89. The van der Waals surface area contributed by atoms with E-state index in [1.807, 2.05) is 0 Å². The molecular weight excluding hydrogens is 229 g/mol. The van der Waals surface area contributed by atoms with Crippen LogP contribution in [0.25, 0.3) is 0 Å². The van der Waals surface area contributed by atoms with Crippen LogP contribution in [0.3, 0.4) is 0 Å². The Hall–Kier alpha value is -0.380. The molecule has 16 heavy (non-hydrogen) atoms. The molecule has 0 spiro atoms. The van der Waals surface area contributed by atoms with Crippen LogP contribution in [-0.4, -0.2) is 28.6 Å². The molecule has 0 fully saturated rings. The van der Waals surface area contributed by atoms with Gasteiger partial charge in [-0.1, -0.05) is 32.6 Å². The van der Waals surface area contributed by atoms with Gasteiger partial charge >= 0.3 is 7.60 Å². The Bertz CT molecular complexity index is 245. The minimum atomic E-state index is -3.63. The lowest BCUT2D eigenvalue weighted by Crippen LogP contribution is -2.08. The van der Waals surface area contributed by atoms with Crippen molar-refractivity contribution in [2.45, 2.75) is 52.1 Å². The molecule has 0 aliphatic rings. The van der Waals surface area contributed by atoms with Crippen LogP contribution in [0.1, 0.15) is 46.0 Å². The molecule has 0 aromatic carbocycles. The molecule has 0 saturated heterocycles. The van der Waals surface area contributed by atoms with Gasteiger partial charge in [0, 0.05) is 0 Å². The van der Waals surface area contributed by atoms with Crippen molar-refractivity contribution < 1.29 is 19.2 Å². The molecule has 96 valence electrons. The van der Waals surface area contributed by atoms with Crippen LogP contribution in [0.15, 0.2) is 5.16 Å². The maximum Gasteiger partial charge on any atom is 0.333 e. The molecule has 0 saturated carbocycles. The van der Waals surface area contributed by atoms with Crippen molar-refractivity contribution in [1.82, 2.24) is 0 Å². The molecular formula is C10H22NO4P. The minimum absolute atomic E-state index is 0.236. The molecule has 0 rings (SSSR count). The summed E-state index contributed by atoms with van der Waals surface area (Å²) < 4.78 is 16.4. The SMILES string of the molecule is CCCCCCC(C)OP(=O)(O)CC=NO. The van der Waals surface area contributed by atoms with Crippen molar-refractivity contribution >= 4 is 13.8 Å². The lowest BCUT2D eigenvalue weighted by molar-refractivity contribution is 0.179. The Labute approximate surface area is 97.0 Å². The Morgan fingerprint density at radius 1 is 1.44 bits per heavy atom. The van der Waals surface area contributed by atoms with Gasteiger partial charge in [0.15, 0.2) is 0 Å². The highest BCUT2D eigenvalue weighted by atomic mass is 31.2. The van der Waals surface area contributed by atoms with E-state index in [9.17, 15) is 9.46 Å². The fraction of sp³-hybridized carbons (Fsp3) is 0.900. The Kier molecular flexibility index (Phi) is 8.53. The van der Waals surface area contributed by atoms with Crippen molar-refractivity contribution in [2.24, 2.45) is 5.16 Å². The average molecular weight is 251 g/mol. The first-order valence-electron chi connectivity index (χ1n) is 5.68. The first-order valence-corrected chi connectivity index (χ1v) is 7.44. The fourth-order valence-electron chi connectivity index (χ4n) is 1.38. The number of oxime groups is 1. The second-order valence-corrected chi connectivity index (χ2v) is 5.73. The van der Waals surface area contributed by atoms with Crippen LogP contribution in [-0.2, 0) is 9.09 Å². The average Bonchev–Trinajstić information content (AvgIpc) is 2.21. The Morgan fingerprint density at radius 3 is 2.69 bits per heavy atom. The molecule has 2 unspecified atom stereocenters. The van der Waals surface area contributed by atoms with Gasteiger partial charge in [0.1, 0.15) is 0 Å². The van der Waals surface area contributed by atoms with E-state index in [1.54, 1.807) is 6.92 Å². The largest absolute Gasteiger partial charge is 0.411 e. The zero-order valence-corrected chi connectivity index (χ0v) is 10.9. The lowest BCUT2D eigenvalue weighted by Gasteiger charge is -2.16. The highest BCUT2D eigenvalue weighted by Crippen LogP contribution is 2.42. The normalized spacial score (nSPS) is 17.4. The van der Waals surface area contributed by atoms with E-state index in [2.05, 4.69) is 12.1 Å². The molecule has 5 nitrogen and oxygen atoms in total. The number of nitrogens with zero attached hydrogens (tertiary/aromatic N) is 1. The van der Waals surface area contributed by atoms with Gasteiger partial charge < -0.3 is 14.6 Å². The van der Waals surface area contributed by atoms with E-state index in [4.69, 9.17) is 9.73 Å². The molecule has 6 heteroatoms. The summed E-state index contributed by atoms with van der Waals surface area (Å²) >= 11 is 0. The van der Waals surface area contributed by atoms with Gasteiger partial charge in [-0.15, -0.1) is 5.16 Å².